The van der Waals surface area contributed by atoms with Crippen LogP contribution in [0, 0.1) is 13.8 Å². The van der Waals surface area contributed by atoms with Crippen molar-refractivity contribution in [3.05, 3.63) is 82.9 Å². The highest BCUT2D eigenvalue weighted by Crippen LogP contribution is 2.30. The minimum atomic E-state index is 0.729. The van der Waals surface area contributed by atoms with Gasteiger partial charge < -0.3 is 0 Å². The Morgan fingerprint density at radius 2 is 1.50 bits per heavy atom. The number of aryl methyl sites for hydroxylation is 2. The Morgan fingerprint density at radius 3 is 2.21 bits per heavy atom. The molecule has 0 N–H and O–H groups in total. The lowest BCUT2D eigenvalue weighted by atomic mass is 10.1. The number of benzene rings is 3. The summed E-state index contributed by atoms with van der Waals surface area (Å²) in [5.74, 6) is 0.929. The van der Waals surface area contributed by atoms with E-state index in [9.17, 15) is 0 Å². The van der Waals surface area contributed by atoms with E-state index in [4.69, 9.17) is 16.6 Å². The lowest BCUT2D eigenvalue weighted by molar-refractivity contribution is 1.09. The molecule has 4 aromatic rings. The van der Waals surface area contributed by atoms with Gasteiger partial charge in [0.15, 0.2) is 0 Å². The summed E-state index contributed by atoms with van der Waals surface area (Å²) in [5, 5.41) is 0.729. The largest absolute Gasteiger partial charge is 0.292 e. The Balaban J connectivity index is 2.05. The molecule has 0 amide bonds. The number of hydrogen-bond donors (Lipinski definition) is 0. The average molecular weight is 333 g/mol. The average Bonchev–Trinajstić information content (AvgIpc) is 2.94. The molecule has 0 aliphatic carbocycles. The Labute approximate surface area is 146 Å². The van der Waals surface area contributed by atoms with Gasteiger partial charge >= 0.3 is 0 Å². The van der Waals surface area contributed by atoms with Crippen molar-refractivity contribution in [2.45, 2.75) is 13.8 Å². The molecule has 3 heteroatoms. The standard InChI is InChI=1S/C21H17ClN2/c1-14-11-15(2)13-18(12-14)24-20-6-4-3-5-19(20)23-21(24)16-7-9-17(22)10-8-16/h3-13H,1-2H3. The molecule has 1 heterocycles. The summed E-state index contributed by atoms with van der Waals surface area (Å²) in [7, 11) is 0. The Hall–Kier alpha value is -2.58. The van der Waals surface area contributed by atoms with E-state index in [1.165, 1.54) is 11.1 Å². The van der Waals surface area contributed by atoms with Crippen LogP contribution in [0.1, 0.15) is 11.1 Å². The van der Waals surface area contributed by atoms with Crippen molar-refractivity contribution in [1.82, 2.24) is 9.55 Å². The zero-order valence-electron chi connectivity index (χ0n) is 13.6. The van der Waals surface area contributed by atoms with Crippen LogP contribution in [0.15, 0.2) is 66.7 Å². The van der Waals surface area contributed by atoms with E-state index < -0.39 is 0 Å². The van der Waals surface area contributed by atoms with Gasteiger partial charge in [0, 0.05) is 16.3 Å². The van der Waals surface area contributed by atoms with Crippen LogP contribution in [0.4, 0.5) is 0 Å². The molecule has 0 unspecified atom stereocenters. The molecule has 0 radical (unpaired) electrons. The van der Waals surface area contributed by atoms with Crippen molar-refractivity contribution < 1.29 is 0 Å². The molecule has 0 spiro atoms. The predicted octanol–water partition coefficient (Wildman–Crippen LogP) is 5.96. The van der Waals surface area contributed by atoms with E-state index in [-0.39, 0.29) is 0 Å². The third-order valence-corrected chi connectivity index (χ3v) is 4.38. The smallest absolute Gasteiger partial charge is 0.145 e. The topological polar surface area (TPSA) is 17.8 Å². The van der Waals surface area contributed by atoms with E-state index >= 15 is 0 Å². The SMILES string of the molecule is Cc1cc(C)cc(-n2c(-c3ccc(Cl)cc3)nc3ccccc32)c1. The normalized spacial score (nSPS) is 11.1. The number of aromatic nitrogens is 2. The second-order valence-electron chi connectivity index (χ2n) is 6.11. The summed E-state index contributed by atoms with van der Waals surface area (Å²) in [6.45, 7) is 4.25. The molecule has 3 aromatic carbocycles. The van der Waals surface area contributed by atoms with Crippen LogP contribution in [0.25, 0.3) is 28.1 Å². The highest BCUT2D eigenvalue weighted by atomic mass is 35.5. The monoisotopic (exact) mass is 332 g/mol. The van der Waals surface area contributed by atoms with E-state index in [1.807, 2.05) is 36.4 Å². The van der Waals surface area contributed by atoms with E-state index in [1.54, 1.807) is 0 Å². The molecule has 0 saturated heterocycles. The maximum Gasteiger partial charge on any atom is 0.145 e. The minimum absolute atomic E-state index is 0.729. The van der Waals surface area contributed by atoms with Crippen LogP contribution in [0.3, 0.4) is 0 Å². The maximum absolute atomic E-state index is 6.05. The van der Waals surface area contributed by atoms with Gasteiger partial charge in [-0.15, -0.1) is 0 Å². The second-order valence-corrected chi connectivity index (χ2v) is 6.55. The summed E-state index contributed by atoms with van der Waals surface area (Å²) in [5.41, 5.74) is 6.75. The van der Waals surface area contributed by atoms with Crippen LogP contribution in [0.2, 0.25) is 5.02 Å². The van der Waals surface area contributed by atoms with Gasteiger partial charge in [0.1, 0.15) is 5.82 Å². The molecular weight excluding hydrogens is 316 g/mol. The molecule has 0 aliphatic rings. The number of fused-ring (bicyclic) bond motifs is 1. The first-order valence-corrected chi connectivity index (χ1v) is 8.32. The van der Waals surface area contributed by atoms with Crippen LogP contribution in [0.5, 0.6) is 0 Å². The van der Waals surface area contributed by atoms with E-state index in [2.05, 4.69) is 48.7 Å². The lowest BCUT2D eigenvalue weighted by Gasteiger charge is -2.11. The molecule has 1 aromatic heterocycles. The molecule has 2 nitrogen and oxygen atoms in total. The molecule has 24 heavy (non-hydrogen) atoms. The van der Waals surface area contributed by atoms with Gasteiger partial charge in [-0.2, -0.15) is 0 Å². The molecule has 4 rings (SSSR count). The van der Waals surface area contributed by atoms with Crippen molar-refractivity contribution >= 4 is 22.6 Å². The van der Waals surface area contributed by atoms with Gasteiger partial charge in [-0.25, -0.2) is 4.98 Å². The molecule has 0 saturated carbocycles. The van der Waals surface area contributed by atoms with Crippen LogP contribution >= 0.6 is 11.6 Å². The summed E-state index contributed by atoms with van der Waals surface area (Å²) in [6.07, 6.45) is 0. The first-order valence-electron chi connectivity index (χ1n) is 7.94. The number of para-hydroxylation sites is 2. The zero-order chi connectivity index (χ0) is 16.7. The summed E-state index contributed by atoms with van der Waals surface area (Å²) in [4.78, 5) is 4.87. The summed E-state index contributed by atoms with van der Waals surface area (Å²) >= 11 is 6.05. The fourth-order valence-corrected chi connectivity index (χ4v) is 3.29. The van der Waals surface area contributed by atoms with E-state index in [0.29, 0.717) is 0 Å². The highest BCUT2D eigenvalue weighted by molar-refractivity contribution is 6.30. The number of nitrogens with zero attached hydrogens (tertiary/aromatic N) is 2. The van der Waals surface area contributed by atoms with Gasteiger partial charge in [-0.1, -0.05) is 29.8 Å². The van der Waals surface area contributed by atoms with Crippen LogP contribution in [-0.4, -0.2) is 9.55 Å². The fourth-order valence-electron chi connectivity index (χ4n) is 3.16. The lowest BCUT2D eigenvalue weighted by Crippen LogP contribution is -1.98. The molecule has 0 atom stereocenters. The van der Waals surface area contributed by atoms with Crippen LogP contribution < -0.4 is 0 Å². The quantitative estimate of drug-likeness (QED) is 0.442. The Morgan fingerprint density at radius 1 is 0.833 bits per heavy atom. The van der Waals surface area contributed by atoms with Crippen LogP contribution in [-0.2, 0) is 0 Å². The van der Waals surface area contributed by atoms with Crippen molar-refractivity contribution in [3.63, 3.8) is 0 Å². The molecule has 0 fully saturated rings. The second kappa shape index (κ2) is 5.81. The molecule has 0 aliphatic heterocycles. The van der Waals surface area contributed by atoms with Gasteiger partial charge in [0.05, 0.1) is 11.0 Å². The zero-order valence-corrected chi connectivity index (χ0v) is 14.4. The van der Waals surface area contributed by atoms with Crippen molar-refractivity contribution in [1.29, 1.82) is 0 Å². The van der Waals surface area contributed by atoms with Gasteiger partial charge in [0.25, 0.3) is 0 Å². The summed E-state index contributed by atoms with van der Waals surface area (Å²) < 4.78 is 2.22. The molecule has 0 bridgehead atoms. The highest BCUT2D eigenvalue weighted by Gasteiger charge is 2.14. The fraction of sp³-hybridized carbons (Fsp3) is 0.0952. The van der Waals surface area contributed by atoms with Gasteiger partial charge in [-0.05, 0) is 73.5 Å². The predicted molar refractivity (Wildman–Crippen MR) is 101 cm³/mol. The Kier molecular flexibility index (Phi) is 3.62. The first kappa shape index (κ1) is 15.0. The summed E-state index contributed by atoms with van der Waals surface area (Å²) in [6, 6.07) is 22.6. The van der Waals surface area contributed by atoms with Gasteiger partial charge in [-0.3, -0.25) is 4.57 Å². The number of halogens is 1. The molecular formula is C21H17ClN2. The minimum Gasteiger partial charge on any atom is -0.292 e. The number of imidazole rings is 1. The Bertz CT molecular complexity index is 1010. The number of hydrogen-bond acceptors (Lipinski definition) is 1. The molecule has 118 valence electrons. The van der Waals surface area contributed by atoms with Crippen molar-refractivity contribution in [3.8, 4) is 17.1 Å². The van der Waals surface area contributed by atoms with Crippen molar-refractivity contribution in [2.75, 3.05) is 0 Å². The van der Waals surface area contributed by atoms with Crippen molar-refractivity contribution in [2.24, 2.45) is 0 Å². The van der Waals surface area contributed by atoms with E-state index in [0.717, 1.165) is 33.1 Å². The van der Waals surface area contributed by atoms with Gasteiger partial charge in [0.2, 0.25) is 0 Å². The maximum atomic E-state index is 6.05. The number of rotatable bonds is 2. The third kappa shape index (κ3) is 2.59. The third-order valence-electron chi connectivity index (χ3n) is 4.13. The first-order chi connectivity index (χ1) is 11.6.